The van der Waals surface area contributed by atoms with Crippen LogP contribution in [0, 0.1) is 5.82 Å². The first-order valence-electron chi connectivity index (χ1n) is 7.33. The van der Waals surface area contributed by atoms with E-state index in [-0.39, 0.29) is 18.5 Å². The molecule has 28 heavy (non-hydrogen) atoms. The number of hydrogen-bond acceptors (Lipinski definition) is 6. The lowest BCUT2D eigenvalue weighted by Gasteiger charge is -2.14. The number of aromatic nitrogens is 4. The third-order valence-electron chi connectivity index (χ3n) is 3.03. The van der Waals surface area contributed by atoms with Gasteiger partial charge in [-0.25, -0.2) is 9.18 Å². The van der Waals surface area contributed by atoms with E-state index in [2.05, 4.69) is 20.7 Å². The number of nitrogens with one attached hydrogen (secondary N) is 1. The van der Waals surface area contributed by atoms with Crippen LogP contribution < -0.4 is 5.32 Å². The normalized spacial score (nSPS) is 12.1. The van der Waals surface area contributed by atoms with Crippen molar-refractivity contribution in [2.75, 3.05) is 0 Å². The summed E-state index contributed by atoms with van der Waals surface area (Å²) in [6.07, 6.45) is -5.12. The quantitative estimate of drug-likeness (QED) is 0.590. The Balaban J connectivity index is 0.000000480. The minimum Gasteiger partial charge on any atom is -0.480 e. The number of carboxylic acids is 2. The van der Waals surface area contributed by atoms with Crippen LogP contribution in [0.5, 0.6) is 0 Å². The van der Waals surface area contributed by atoms with Crippen molar-refractivity contribution in [1.29, 1.82) is 0 Å². The molecule has 14 heteroatoms. The van der Waals surface area contributed by atoms with Gasteiger partial charge in [0.25, 0.3) is 0 Å². The van der Waals surface area contributed by atoms with Crippen molar-refractivity contribution in [3.05, 3.63) is 40.4 Å². The maximum Gasteiger partial charge on any atom is 0.490 e. The fourth-order valence-corrected chi connectivity index (χ4v) is 1.97. The van der Waals surface area contributed by atoms with Gasteiger partial charge in [-0.1, -0.05) is 11.6 Å². The monoisotopic (exact) mass is 427 g/mol. The van der Waals surface area contributed by atoms with Gasteiger partial charge in [-0.2, -0.15) is 18.0 Å². The van der Waals surface area contributed by atoms with Crippen molar-refractivity contribution in [2.24, 2.45) is 7.05 Å². The first-order chi connectivity index (χ1) is 12.9. The van der Waals surface area contributed by atoms with Gasteiger partial charge in [0, 0.05) is 11.4 Å². The molecule has 154 valence electrons. The summed E-state index contributed by atoms with van der Waals surface area (Å²) >= 11 is 5.79. The molecule has 0 amide bonds. The molecule has 1 atom stereocenters. The van der Waals surface area contributed by atoms with Crippen LogP contribution >= 0.6 is 11.6 Å². The van der Waals surface area contributed by atoms with Gasteiger partial charge in [0.15, 0.2) is 5.82 Å². The molecule has 0 aliphatic carbocycles. The van der Waals surface area contributed by atoms with Gasteiger partial charge < -0.3 is 10.2 Å². The highest BCUT2D eigenvalue weighted by Crippen LogP contribution is 2.16. The maximum atomic E-state index is 13.6. The lowest BCUT2D eigenvalue weighted by Crippen LogP contribution is -2.38. The lowest BCUT2D eigenvalue weighted by atomic mass is 10.1. The summed E-state index contributed by atoms with van der Waals surface area (Å²) in [7, 11) is 1.60. The molecular formula is C14H14ClF4N5O4. The van der Waals surface area contributed by atoms with Crippen LogP contribution in [0.25, 0.3) is 0 Å². The summed E-state index contributed by atoms with van der Waals surface area (Å²) in [4.78, 5) is 21.4. The lowest BCUT2D eigenvalue weighted by molar-refractivity contribution is -0.192. The number of alkyl halides is 3. The number of rotatable bonds is 6. The number of nitrogens with zero attached hydrogens (tertiary/aromatic N) is 4. The number of hydrogen-bond donors (Lipinski definition) is 3. The molecule has 0 bridgehead atoms. The molecule has 1 aromatic carbocycles. The van der Waals surface area contributed by atoms with Gasteiger partial charge in [0.2, 0.25) is 0 Å². The number of aliphatic carboxylic acids is 2. The summed E-state index contributed by atoms with van der Waals surface area (Å²) in [6.45, 7) is 0.118. The topological polar surface area (TPSA) is 130 Å². The SMILES string of the molecule is Cn1nnc(CN[C@H](Cc2cc(Cl)ccc2F)C(=O)O)n1.O=C(O)C(F)(F)F. The summed E-state index contributed by atoms with van der Waals surface area (Å²) < 4.78 is 45.4. The van der Waals surface area contributed by atoms with E-state index in [0.29, 0.717) is 10.8 Å². The Bertz CT molecular complexity index is 830. The summed E-state index contributed by atoms with van der Waals surface area (Å²) in [5, 5.41) is 30.7. The second kappa shape index (κ2) is 9.94. The fourth-order valence-electron chi connectivity index (χ4n) is 1.78. The Morgan fingerprint density at radius 3 is 2.39 bits per heavy atom. The molecule has 2 aromatic rings. The van der Waals surface area contributed by atoms with Gasteiger partial charge in [-0.15, -0.1) is 10.2 Å². The van der Waals surface area contributed by atoms with E-state index < -0.39 is 30.0 Å². The summed E-state index contributed by atoms with van der Waals surface area (Å²) in [6, 6.07) is 3.05. The van der Waals surface area contributed by atoms with Crippen molar-refractivity contribution in [1.82, 2.24) is 25.5 Å². The molecule has 2 rings (SSSR count). The molecule has 1 aromatic heterocycles. The van der Waals surface area contributed by atoms with E-state index in [1.807, 2.05) is 0 Å². The number of benzene rings is 1. The van der Waals surface area contributed by atoms with Crippen LogP contribution in [0.15, 0.2) is 18.2 Å². The predicted molar refractivity (Wildman–Crippen MR) is 85.9 cm³/mol. The largest absolute Gasteiger partial charge is 0.490 e. The van der Waals surface area contributed by atoms with Crippen molar-refractivity contribution < 1.29 is 37.4 Å². The zero-order chi connectivity index (χ0) is 21.5. The van der Waals surface area contributed by atoms with Crippen molar-refractivity contribution in [3.63, 3.8) is 0 Å². The standard InChI is InChI=1S/C12H13ClFN5O2.C2HF3O2/c1-19-17-11(16-18-19)6-15-10(12(20)21)5-7-4-8(13)2-3-9(7)14;3-2(4,5)1(6)7/h2-4,10,15H,5-6H2,1H3,(H,20,21);(H,6,7)/t10-;/m1./s1. The van der Waals surface area contributed by atoms with Gasteiger partial charge in [-0.3, -0.25) is 10.1 Å². The molecule has 9 nitrogen and oxygen atoms in total. The van der Waals surface area contributed by atoms with Crippen LogP contribution in [0.1, 0.15) is 11.4 Å². The Kier molecular flexibility index (Phi) is 8.25. The number of halogens is 5. The van der Waals surface area contributed by atoms with Gasteiger partial charge in [0.05, 0.1) is 13.6 Å². The number of aryl methyl sites for hydroxylation is 1. The Labute approximate surface area is 159 Å². The second-order valence-electron chi connectivity index (χ2n) is 5.21. The molecule has 0 fully saturated rings. The Morgan fingerprint density at radius 2 is 1.93 bits per heavy atom. The fraction of sp³-hybridized carbons (Fsp3) is 0.357. The molecule has 0 aliphatic rings. The number of tetrazole rings is 1. The van der Waals surface area contributed by atoms with Gasteiger partial charge >= 0.3 is 18.1 Å². The van der Waals surface area contributed by atoms with E-state index in [1.165, 1.54) is 23.0 Å². The van der Waals surface area contributed by atoms with Crippen molar-refractivity contribution in [2.45, 2.75) is 25.2 Å². The zero-order valence-corrected chi connectivity index (χ0v) is 14.9. The average Bonchev–Trinajstić information content (AvgIpc) is 2.99. The molecule has 0 radical (unpaired) electrons. The smallest absolute Gasteiger partial charge is 0.480 e. The predicted octanol–water partition coefficient (Wildman–Crippen LogP) is 1.42. The van der Waals surface area contributed by atoms with Gasteiger partial charge in [0.1, 0.15) is 11.9 Å². The van der Waals surface area contributed by atoms with Gasteiger partial charge in [-0.05, 0) is 29.0 Å². The van der Waals surface area contributed by atoms with E-state index in [4.69, 9.17) is 21.5 Å². The molecule has 3 N–H and O–H groups in total. The molecule has 0 saturated heterocycles. The highest BCUT2D eigenvalue weighted by molar-refractivity contribution is 6.30. The molecule has 0 unspecified atom stereocenters. The zero-order valence-electron chi connectivity index (χ0n) is 14.1. The maximum absolute atomic E-state index is 13.6. The molecule has 0 aliphatic heterocycles. The van der Waals surface area contributed by atoms with Crippen LogP contribution in [0.4, 0.5) is 17.6 Å². The first-order valence-corrected chi connectivity index (χ1v) is 7.71. The third-order valence-corrected chi connectivity index (χ3v) is 3.26. The van der Waals surface area contributed by atoms with Crippen LogP contribution in [0.3, 0.4) is 0 Å². The number of carboxylic acid groups (broad SMARTS) is 2. The first kappa shape index (κ1) is 23.2. The Hall–Kier alpha value is -2.80. The van der Waals surface area contributed by atoms with E-state index in [9.17, 15) is 27.5 Å². The van der Waals surface area contributed by atoms with E-state index in [1.54, 1.807) is 7.05 Å². The highest BCUT2D eigenvalue weighted by Gasteiger charge is 2.38. The van der Waals surface area contributed by atoms with Crippen LogP contribution in [0.2, 0.25) is 5.02 Å². The summed E-state index contributed by atoms with van der Waals surface area (Å²) in [5.41, 5.74) is 0.231. The second-order valence-corrected chi connectivity index (χ2v) is 5.65. The average molecular weight is 428 g/mol. The minimum absolute atomic E-state index is 0.0397. The highest BCUT2D eigenvalue weighted by atomic mass is 35.5. The van der Waals surface area contributed by atoms with E-state index in [0.717, 1.165) is 0 Å². The molecular weight excluding hydrogens is 414 g/mol. The minimum atomic E-state index is -5.08. The molecule has 1 heterocycles. The van der Waals surface area contributed by atoms with Crippen molar-refractivity contribution >= 4 is 23.5 Å². The van der Waals surface area contributed by atoms with Crippen molar-refractivity contribution in [3.8, 4) is 0 Å². The van der Waals surface area contributed by atoms with Crippen LogP contribution in [-0.4, -0.2) is 54.6 Å². The summed E-state index contributed by atoms with van der Waals surface area (Å²) in [5.74, 6) is -3.99. The third kappa shape index (κ3) is 7.84. The van der Waals surface area contributed by atoms with Crippen LogP contribution in [-0.2, 0) is 29.6 Å². The number of carbonyl (C=O) groups is 2. The Morgan fingerprint density at radius 1 is 1.32 bits per heavy atom. The molecule has 0 saturated carbocycles. The molecule has 0 spiro atoms. The van der Waals surface area contributed by atoms with E-state index >= 15 is 0 Å².